The second-order valence-corrected chi connectivity index (χ2v) is 4.00. The molecule has 0 spiro atoms. The van der Waals surface area contributed by atoms with Crippen LogP contribution in [0.3, 0.4) is 0 Å². The van der Waals surface area contributed by atoms with Crippen LogP contribution in [0.2, 0.25) is 0 Å². The molecule has 1 N–H and O–H groups in total. The highest BCUT2D eigenvalue weighted by Gasteiger charge is 2.12. The van der Waals surface area contributed by atoms with Crippen molar-refractivity contribution in [1.82, 2.24) is 5.16 Å². The zero-order valence-electron chi connectivity index (χ0n) is 9.51. The zero-order chi connectivity index (χ0) is 12.7. The number of nitrogens with zero attached hydrogens (tertiary/aromatic N) is 1. The average Bonchev–Trinajstić information content (AvgIpc) is 2.86. The van der Waals surface area contributed by atoms with E-state index in [0.717, 1.165) is 0 Å². The van der Waals surface area contributed by atoms with Gasteiger partial charge in [-0.3, -0.25) is 4.79 Å². The van der Waals surface area contributed by atoms with Gasteiger partial charge < -0.3 is 14.0 Å². The fourth-order valence-electron chi connectivity index (χ4n) is 1.80. The van der Waals surface area contributed by atoms with E-state index in [-0.39, 0.29) is 11.2 Å². The van der Waals surface area contributed by atoms with Gasteiger partial charge in [0.1, 0.15) is 29.6 Å². The molecule has 90 valence electrons. The first-order valence-electron chi connectivity index (χ1n) is 5.32. The van der Waals surface area contributed by atoms with Crippen LogP contribution in [-0.4, -0.2) is 10.3 Å². The second kappa shape index (κ2) is 3.73. The molecule has 5 heteroatoms. The van der Waals surface area contributed by atoms with Gasteiger partial charge in [-0.05, 0) is 18.6 Å². The van der Waals surface area contributed by atoms with E-state index < -0.39 is 0 Å². The summed E-state index contributed by atoms with van der Waals surface area (Å²) >= 11 is 0. The number of aromatic hydroxyl groups is 1. The van der Waals surface area contributed by atoms with Gasteiger partial charge in [0.15, 0.2) is 0 Å². The Morgan fingerprint density at radius 3 is 2.89 bits per heavy atom. The summed E-state index contributed by atoms with van der Waals surface area (Å²) in [6.45, 7) is 1.72. The Morgan fingerprint density at radius 1 is 1.33 bits per heavy atom. The molecule has 0 aliphatic rings. The molecule has 5 nitrogen and oxygen atoms in total. The van der Waals surface area contributed by atoms with E-state index in [4.69, 9.17) is 8.94 Å². The standard InChI is InChI=1S/C13H9NO4/c1-7-4-8-12(5-11(7)15)17-6-9(13(8)16)10-2-3-18-14-10/h2-6,15H,1H3. The van der Waals surface area contributed by atoms with Gasteiger partial charge in [0.05, 0.1) is 10.9 Å². The molecule has 0 unspecified atom stereocenters. The predicted octanol–water partition coefficient (Wildman–Crippen LogP) is 2.46. The third kappa shape index (κ3) is 1.48. The van der Waals surface area contributed by atoms with Crippen LogP contribution in [0.5, 0.6) is 5.75 Å². The molecular weight excluding hydrogens is 234 g/mol. The van der Waals surface area contributed by atoms with Gasteiger partial charge in [-0.25, -0.2) is 0 Å². The topological polar surface area (TPSA) is 76.5 Å². The van der Waals surface area contributed by atoms with Crippen LogP contribution in [0, 0.1) is 6.92 Å². The Labute approximate surface area is 101 Å². The molecule has 0 atom stereocenters. The highest BCUT2D eigenvalue weighted by atomic mass is 16.5. The first kappa shape index (κ1) is 10.6. The van der Waals surface area contributed by atoms with Crippen LogP contribution < -0.4 is 5.43 Å². The average molecular weight is 243 g/mol. The van der Waals surface area contributed by atoms with E-state index in [1.54, 1.807) is 19.1 Å². The van der Waals surface area contributed by atoms with Crippen molar-refractivity contribution in [2.75, 3.05) is 0 Å². The van der Waals surface area contributed by atoms with Crippen molar-refractivity contribution in [1.29, 1.82) is 0 Å². The van der Waals surface area contributed by atoms with Gasteiger partial charge in [-0.15, -0.1) is 0 Å². The minimum Gasteiger partial charge on any atom is -0.508 e. The molecular formula is C13H9NO4. The summed E-state index contributed by atoms with van der Waals surface area (Å²) < 4.78 is 10.0. The molecule has 2 heterocycles. The van der Waals surface area contributed by atoms with Crippen LogP contribution >= 0.6 is 0 Å². The maximum Gasteiger partial charge on any atom is 0.202 e. The number of hydrogen-bond acceptors (Lipinski definition) is 5. The molecule has 3 rings (SSSR count). The minimum absolute atomic E-state index is 0.0971. The Bertz CT molecular complexity index is 772. The first-order valence-corrected chi connectivity index (χ1v) is 5.32. The number of benzene rings is 1. The predicted molar refractivity (Wildman–Crippen MR) is 64.4 cm³/mol. The number of phenolic OH excluding ortho intramolecular Hbond substituents is 1. The van der Waals surface area contributed by atoms with Crippen molar-refractivity contribution < 1.29 is 14.0 Å². The highest BCUT2D eigenvalue weighted by molar-refractivity contribution is 5.82. The van der Waals surface area contributed by atoms with Gasteiger partial charge in [-0.1, -0.05) is 5.16 Å². The smallest absolute Gasteiger partial charge is 0.202 e. The molecule has 0 fully saturated rings. The van der Waals surface area contributed by atoms with Crippen LogP contribution in [-0.2, 0) is 0 Å². The Hall–Kier alpha value is -2.56. The molecule has 3 aromatic rings. The third-order valence-corrected chi connectivity index (χ3v) is 2.80. The summed E-state index contributed by atoms with van der Waals surface area (Å²) in [4.78, 5) is 12.3. The van der Waals surface area contributed by atoms with E-state index >= 15 is 0 Å². The molecule has 0 bridgehead atoms. The summed E-state index contributed by atoms with van der Waals surface area (Å²) in [6.07, 6.45) is 2.71. The number of aryl methyl sites for hydroxylation is 1. The van der Waals surface area contributed by atoms with Crippen molar-refractivity contribution in [2.45, 2.75) is 6.92 Å². The molecule has 18 heavy (non-hydrogen) atoms. The van der Waals surface area contributed by atoms with E-state index in [2.05, 4.69) is 5.16 Å². The SMILES string of the molecule is Cc1cc2c(=O)c(-c3ccon3)coc2cc1O. The minimum atomic E-state index is -0.201. The van der Waals surface area contributed by atoms with Gasteiger partial charge >= 0.3 is 0 Å². The number of aromatic nitrogens is 1. The number of phenols is 1. The number of hydrogen-bond donors (Lipinski definition) is 1. The van der Waals surface area contributed by atoms with Crippen molar-refractivity contribution >= 4 is 11.0 Å². The molecule has 0 radical (unpaired) electrons. The zero-order valence-corrected chi connectivity index (χ0v) is 9.51. The largest absolute Gasteiger partial charge is 0.508 e. The quantitative estimate of drug-likeness (QED) is 0.710. The maximum atomic E-state index is 12.3. The summed E-state index contributed by atoms with van der Waals surface area (Å²) in [6, 6.07) is 4.62. The second-order valence-electron chi connectivity index (χ2n) is 4.00. The summed E-state index contributed by atoms with van der Waals surface area (Å²) in [7, 11) is 0. The van der Waals surface area contributed by atoms with Crippen LogP contribution in [0.15, 0.2) is 44.5 Å². The molecule has 1 aromatic carbocycles. The van der Waals surface area contributed by atoms with E-state index in [9.17, 15) is 9.90 Å². The van der Waals surface area contributed by atoms with Gasteiger partial charge in [-0.2, -0.15) is 0 Å². The first-order chi connectivity index (χ1) is 8.66. The molecule has 0 saturated carbocycles. The lowest BCUT2D eigenvalue weighted by Gasteiger charge is -2.02. The van der Waals surface area contributed by atoms with Crippen molar-refractivity contribution in [3.8, 4) is 17.0 Å². The van der Waals surface area contributed by atoms with Crippen LogP contribution in [0.1, 0.15) is 5.56 Å². The van der Waals surface area contributed by atoms with Gasteiger partial charge in [0.25, 0.3) is 0 Å². The Morgan fingerprint density at radius 2 is 2.17 bits per heavy atom. The molecule has 0 aliphatic heterocycles. The van der Waals surface area contributed by atoms with E-state index in [1.807, 2.05) is 0 Å². The normalized spacial score (nSPS) is 10.9. The van der Waals surface area contributed by atoms with Crippen molar-refractivity contribution in [2.24, 2.45) is 0 Å². The lowest BCUT2D eigenvalue weighted by atomic mass is 10.1. The van der Waals surface area contributed by atoms with Gasteiger partial charge in [0, 0.05) is 12.1 Å². The van der Waals surface area contributed by atoms with Gasteiger partial charge in [0.2, 0.25) is 5.43 Å². The Balaban J connectivity index is 2.36. The van der Waals surface area contributed by atoms with Crippen molar-refractivity contribution in [3.63, 3.8) is 0 Å². The molecule has 0 aliphatic carbocycles. The monoisotopic (exact) mass is 243 g/mol. The van der Waals surface area contributed by atoms with Crippen molar-refractivity contribution in [3.05, 3.63) is 46.5 Å². The fourth-order valence-corrected chi connectivity index (χ4v) is 1.80. The Kier molecular flexibility index (Phi) is 2.19. The maximum absolute atomic E-state index is 12.3. The number of rotatable bonds is 1. The lowest BCUT2D eigenvalue weighted by Crippen LogP contribution is -2.05. The molecule has 0 saturated heterocycles. The molecule has 0 amide bonds. The summed E-state index contributed by atoms with van der Waals surface area (Å²) in [5, 5.41) is 13.7. The number of fused-ring (bicyclic) bond motifs is 1. The fraction of sp³-hybridized carbons (Fsp3) is 0.0769. The molecule has 2 aromatic heterocycles. The summed E-state index contributed by atoms with van der Waals surface area (Å²) in [5.41, 5.74) is 1.52. The highest BCUT2D eigenvalue weighted by Crippen LogP contribution is 2.24. The lowest BCUT2D eigenvalue weighted by molar-refractivity contribution is 0.422. The summed E-state index contributed by atoms with van der Waals surface area (Å²) in [5.74, 6) is 0.0971. The van der Waals surface area contributed by atoms with E-state index in [1.165, 1.54) is 18.6 Å². The van der Waals surface area contributed by atoms with Crippen LogP contribution in [0.4, 0.5) is 0 Å². The van der Waals surface area contributed by atoms with Crippen LogP contribution in [0.25, 0.3) is 22.2 Å². The van der Waals surface area contributed by atoms with E-state index in [0.29, 0.717) is 27.8 Å². The third-order valence-electron chi connectivity index (χ3n) is 2.80.